The highest BCUT2D eigenvalue weighted by Gasteiger charge is 2.09. The smallest absolute Gasteiger partial charge is 0.0499 e. The van der Waals surface area contributed by atoms with E-state index in [0.717, 1.165) is 25.1 Å². The highest BCUT2D eigenvalue weighted by atomic mass is 35.5. The van der Waals surface area contributed by atoms with Crippen LogP contribution in [0, 0.1) is 6.92 Å². The molecule has 1 nitrogen and oxygen atoms in total. The second-order valence-corrected chi connectivity index (χ2v) is 5.81. The normalized spacial score (nSPS) is 10.8. The molecule has 0 atom stereocenters. The third-order valence-corrected chi connectivity index (χ3v) is 3.78. The lowest BCUT2D eigenvalue weighted by atomic mass is 9.97. The van der Waals surface area contributed by atoms with Crippen molar-refractivity contribution in [3.8, 4) is 11.1 Å². The van der Waals surface area contributed by atoms with Gasteiger partial charge in [0.1, 0.15) is 0 Å². The van der Waals surface area contributed by atoms with Crippen LogP contribution in [0.5, 0.6) is 0 Å². The van der Waals surface area contributed by atoms with E-state index in [1.807, 2.05) is 12.1 Å². The molecule has 0 bridgehead atoms. The number of rotatable bonds is 5. The van der Waals surface area contributed by atoms with Gasteiger partial charge in [-0.25, -0.2) is 0 Å². The molecule has 3 heteroatoms. The zero-order valence-electron chi connectivity index (χ0n) is 11.8. The van der Waals surface area contributed by atoms with E-state index >= 15 is 0 Å². The van der Waals surface area contributed by atoms with Crippen LogP contribution in [0.25, 0.3) is 11.1 Å². The van der Waals surface area contributed by atoms with Gasteiger partial charge in [-0.05, 0) is 43.1 Å². The Balaban J connectivity index is 2.40. The molecule has 20 heavy (non-hydrogen) atoms. The van der Waals surface area contributed by atoms with Gasteiger partial charge in [0.15, 0.2) is 0 Å². The largest absolute Gasteiger partial charge is 0.313 e. The fourth-order valence-corrected chi connectivity index (χ4v) is 2.71. The van der Waals surface area contributed by atoms with Crippen LogP contribution in [0.2, 0.25) is 10.0 Å². The van der Waals surface area contributed by atoms with Gasteiger partial charge in [0.2, 0.25) is 0 Å². The lowest BCUT2D eigenvalue weighted by Gasteiger charge is -2.13. The minimum absolute atomic E-state index is 0.664. The third-order valence-electron chi connectivity index (χ3n) is 3.23. The predicted octanol–water partition coefficient (Wildman–Crippen LogP) is 5.47. The molecule has 0 aliphatic heterocycles. The lowest BCUT2D eigenvalue weighted by molar-refractivity contribution is 0.676. The van der Waals surface area contributed by atoms with Crippen LogP contribution in [0.15, 0.2) is 36.4 Å². The standard InChI is InChI=1S/C17H19Cl2N/c1-3-8-20-11-13-5-4-12(2)9-16(13)15-7-6-14(18)10-17(15)19/h4-7,9-10,20H,3,8,11H2,1-2H3. The molecule has 1 N–H and O–H groups in total. The van der Waals surface area contributed by atoms with Crippen LogP contribution in [0.1, 0.15) is 24.5 Å². The predicted molar refractivity (Wildman–Crippen MR) is 88.6 cm³/mol. The van der Waals surface area contributed by atoms with E-state index in [0.29, 0.717) is 10.0 Å². The van der Waals surface area contributed by atoms with Gasteiger partial charge < -0.3 is 5.32 Å². The van der Waals surface area contributed by atoms with Crippen molar-refractivity contribution in [1.29, 1.82) is 0 Å². The molecule has 2 rings (SSSR count). The molecule has 0 aliphatic carbocycles. The summed E-state index contributed by atoms with van der Waals surface area (Å²) >= 11 is 12.3. The zero-order chi connectivity index (χ0) is 14.5. The van der Waals surface area contributed by atoms with E-state index in [1.54, 1.807) is 6.07 Å². The van der Waals surface area contributed by atoms with E-state index in [4.69, 9.17) is 23.2 Å². The molecular formula is C17H19Cl2N. The van der Waals surface area contributed by atoms with Gasteiger partial charge in [0.25, 0.3) is 0 Å². The summed E-state index contributed by atoms with van der Waals surface area (Å²) in [6, 6.07) is 12.1. The van der Waals surface area contributed by atoms with Crippen molar-refractivity contribution in [3.63, 3.8) is 0 Å². The third kappa shape index (κ3) is 3.76. The maximum atomic E-state index is 6.34. The van der Waals surface area contributed by atoms with Gasteiger partial charge in [0, 0.05) is 22.2 Å². The van der Waals surface area contributed by atoms with Crippen LogP contribution >= 0.6 is 23.2 Å². The second-order valence-electron chi connectivity index (χ2n) is 4.96. The average molecular weight is 308 g/mol. The van der Waals surface area contributed by atoms with Crippen molar-refractivity contribution in [3.05, 3.63) is 57.6 Å². The average Bonchev–Trinajstić information content (AvgIpc) is 2.41. The Morgan fingerprint density at radius 2 is 1.80 bits per heavy atom. The molecule has 0 radical (unpaired) electrons. The Bertz CT molecular complexity index is 594. The Hall–Kier alpha value is -1.02. The first-order valence-corrected chi connectivity index (χ1v) is 7.63. The van der Waals surface area contributed by atoms with Gasteiger partial charge in [-0.2, -0.15) is 0 Å². The molecule has 2 aromatic carbocycles. The van der Waals surface area contributed by atoms with Crippen LogP contribution in [0.4, 0.5) is 0 Å². The maximum Gasteiger partial charge on any atom is 0.0499 e. The van der Waals surface area contributed by atoms with Gasteiger partial charge in [-0.15, -0.1) is 0 Å². The van der Waals surface area contributed by atoms with Gasteiger partial charge in [0.05, 0.1) is 0 Å². The van der Waals surface area contributed by atoms with Crippen molar-refractivity contribution in [2.75, 3.05) is 6.54 Å². The van der Waals surface area contributed by atoms with Gasteiger partial charge >= 0.3 is 0 Å². The van der Waals surface area contributed by atoms with Crippen molar-refractivity contribution in [1.82, 2.24) is 5.32 Å². The first kappa shape index (κ1) is 15.4. The molecule has 0 saturated carbocycles. The topological polar surface area (TPSA) is 12.0 Å². The summed E-state index contributed by atoms with van der Waals surface area (Å²) in [4.78, 5) is 0. The SMILES string of the molecule is CCCNCc1ccc(C)cc1-c1ccc(Cl)cc1Cl. The van der Waals surface area contributed by atoms with Crippen LogP contribution < -0.4 is 5.32 Å². The summed E-state index contributed by atoms with van der Waals surface area (Å²) < 4.78 is 0. The number of nitrogens with one attached hydrogen (secondary N) is 1. The summed E-state index contributed by atoms with van der Waals surface area (Å²) in [5.41, 5.74) is 4.70. The molecule has 106 valence electrons. The first-order chi connectivity index (χ1) is 9.61. The fourth-order valence-electron chi connectivity index (χ4n) is 2.20. The Kier molecular flexibility index (Phi) is 5.47. The van der Waals surface area contributed by atoms with E-state index < -0.39 is 0 Å². The Morgan fingerprint density at radius 1 is 1.00 bits per heavy atom. The monoisotopic (exact) mass is 307 g/mol. The highest BCUT2D eigenvalue weighted by Crippen LogP contribution is 2.33. The fraction of sp³-hybridized carbons (Fsp3) is 0.294. The highest BCUT2D eigenvalue weighted by molar-refractivity contribution is 6.36. The molecule has 0 fully saturated rings. The molecule has 0 heterocycles. The molecule has 2 aromatic rings. The molecule has 0 aromatic heterocycles. The summed E-state index contributed by atoms with van der Waals surface area (Å²) in [6.07, 6.45) is 1.13. The zero-order valence-corrected chi connectivity index (χ0v) is 13.4. The van der Waals surface area contributed by atoms with Crippen LogP contribution in [-0.2, 0) is 6.54 Å². The quantitative estimate of drug-likeness (QED) is 0.722. The Labute approximate surface area is 130 Å². The minimum Gasteiger partial charge on any atom is -0.313 e. The van der Waals surface area contributed by atoms with Crippen molar-refractivity contribution < 1.29 is 0 Å². The van der Waals surface area contributed by atoms with E-state index in [1.165, 1.54) is 16.7 Å². The summed E-state index contributed by atoms with van der Waals surface area (Å²) in [5, 5.41) is 4.80. The molecule has 0 spiro atoms. The molecular weight excluding hydrogens is 289 g/mol. The first-order valence-electron chi connectivity index (χ1n) is 6.87. The summed E-state index contributed by atoms with van der Waals surface area (Å²) in [6.45, 7) is 6.12. The number of halogens is 2. The summed E-state index contributed by atoms with van der Waals surface area (Å²) in [5.74, 6) is 0. The number of benzene rings is 2. The summed E-state index contributed by atoms with van der Waals surface area (Å²) in [7, 11) is 0. The lowest BCUT2D eigenvalue weighted by Crippen LogP contribution is -2.14. The molecule has 0 unspecified atom stereocenters. The minimum atomic E-state index is 0.664. The molecule has 0 amide bonds. The van der Waals surface area contributed by atoms with Gasteiger partial charge in [-0.1, -0.05) is 60.0 Å². The second kappa shape index (κ2) is 7.12. The van der Waals surface area contributed by atoms with E-state index in [2.05, 4.69) is 37.4 Å². The van der Waals surface area contributed by atoms with Crippen LogP contribution in [-0.4, -0.2) is 6.54 Å². The van der Waals surface area contributed by atoms with Crippen LogP contribution in [0.3, 0.4) is 0 Å². The van der Waals surface area contributed by atoms with Gasteiger partial charge in [-0.3, -0.25) is 0 Å². The molecule has 0 aliphatic rings. The number of hydrogen-bond acceptors (Lipinski definition) is 1. The Morgan fingerprint density at radius 3 is 2.50 bits per heavy atom. The maximum absolute atomic E-state index is 6.34. The molecule has 0 saturated heterocycles. The van der Waals surface area contributed by atoms with E-state index in [9.17, 15) is 0 Å². The van der Waals surface area contributed by atoms with Crippen molar-refractivity contribution in [2.24, 2.45) is 0 Å². The number of aryl methyl sites for hydroxylation is 1. The van der Waals surface area contributed by atoms with E-state index in [-0.39, 0.29) is 0 Å². The number of hydrogen-bond donors (Lipinski definition) is 1. The van der Waals surface area contributed by atoms with Crippen molar-refractivity contribution >= 4 is 23.2 Å². The van der Waals surface area contributed by atoms with Crippen molar-refractivity contribution in [2.45, 2.75) is 26.8 Å².